The summed E-state index contributed by atoms with van der Waals surface area (Å²) in [6.45, 7) is 4.26. The predicted octanol–water partition coefficient (Wildman–Crippen LogP) is 1.58. The van der Waals surface area contributed by atoms with Gasteiger partial charge in [-0.1, -0.05) is 12.8 Å². The van der Waals surface area contributed by atoms with E-state index in [2.05, 4.69) is 6.07 Å². The van der Waals surface area contributed by atoms with Crippen LogP contribution in [0.15, 0.2) is 0 Å². The zero-order valence-corrected chi connectivity index (χ0v) is 11.5. The maximum Gasteiger partial charge on any atom is 0.153 e. The molecule has 98 valence electrons. The summed E-state index contributed by atoms with van der Waals surface area (Å²) in [5.41, 5.74) is 0. The van der Waals surface area contributed by atoms with E-state index in [9.17, 15) is 8.42 Å². The van der Waals surface area contributed by atoms with E-state index in [4.69, 9.17) is 5.26 Å². The molecule has 1 saturated carbocycles. The van der Waals surface area contributed by atoms with Gasteiger partial charge in [0.25, 0.3) is 0 Å². The van der Waals surface area contributed by atoms with Gasteiger partial charge in [-0.05, 0) is 26.7 Å². The molecule has 1 aliphatic rings. The molecule has 0 heterocycles. The number of sulfone groups is 1. The van der Waals surface area contributed by atoms with Crippen molar-refractivity contribution in [2.45, 2.75) is 50.8 Å². The topological polar surface area (TPSA) is 61.2 Å². The van der Waals surface area contributed by atoms with Crippen LogP contribution in [0.2, 0.25) is 0 Å². The van der Waals surface area contributed by atoms with Crippen LogP contribution >= 0.6 is 0 Å². The number of nitrogens with zero attached hydrogens (tertiary/aromatic N) is 2. The van der Waals surface area contributed by atoms with Crippen molar-refractivity contribution in [2.24, 2.45) is 0 Å². The summed E-state index contributed by atoms with van der Waals surface area (Å²) in [6, 6.07) is 2.56. The molecule has 0 amide bonds. The number of hydrogen-bond donors (Lipinski definition) is 0. The average molecular weight is 258 g/mol. The number of rotatable bonds is 6. The predicted molar refractivity (Wildman–Crippen MR) is 68.4 cm³/mol. The van der Waals surface area contributed by atoms with Gasteiger partial charge in [-0.15, -0.1) is 0 Å². The molecule has 0 aromatic heterocycles. The molecule has 0 saturated heterocycles. The molecule has 1 rings (SSSR count). The molecule has 0 unspecified atom stereocenters. The van der Waals surface area contributed by atoms with Crippen LogP contribution < -0.4 is 0 Å². The minimum absolute atomic E-state index is 0.169. The minimum atomic E-state index is -2.99. The normalized spacial score (nSPS) is 17.8. The molecule has 0 spiro atoms. The summed E-state index contributed by atoms with van der Waals surface area (Å²) in [7, 11) is -2.99. The van der Waals surface area contributed by atoms with Gasteiger partial charge in [0.15, 0.2) is 9.84 Å². The van der Waals surface area contributed by atoms with E-state index >= 15 is 0 Å². The monoisotopic (exact) mass is 258 g/mol. The molecule has 0 aliphatic heterocycles. The van der Waals surface area contributed by atoms with Crippen molar-refractivity contribution in [3.63, 3.8) is 0 Å². The van der Waals surface area contributed by atoms with Gasteiger partial charge < -0.3 is 0 Å². The Balaban J connectivity index is 2.53. The lowest BCUT2D eigenvalue weighted by Gasteiger charge is -2.26. The van der Waals surface area contributed by atoms with Gasteiger partial charge in [-0.3, -0.25) is 4.90 Å². The second-order valence-corrected chi connectivity index (χ2v) is 7.66. The molecule has 0 N–H and O–H groups in total. The lowest BCUT2D eigenvalue weighted by atomic mass is 10.2. The third-order valence-electron chi connectivity index (χ3n) is 3.50. The fraction of sp³-hybridized carbons (Fsp3) is 0.917. The van der Waals surface area contributed by atoms with Crippen molar-refractivity contribution in [1.29, 1.82) is 5.26 Å². The van der Waals surface area contributed by atoms with Gasteiger partial charge in [0.05, 0.1) is 23.6 Å². The number of nitriles is 1. The second kappa shape index (κ2) is 6.36. The third-order valence-corrected chi connectivity index (χ3v) is 5.68. The maximum absolute atomic E-state index is 11.7. The Labute approximate surface area is 105 Å². The highest BCUT2D eigenvalue weighted by Crippen LogP contribution is 2.23. The average Bonchev–Trinajstić information content (AvgIpc) is 2.77. The zero-order chi connectivity index (χ0) is 12.9. The fourth-order valence-electron chi connectivity index (χ4n) is 2.23. The lowest BCUT2D eigenvalue weighted by Crippen LogP contribution is -2.38. The SMILES string of the molecule is CC(C)S(=O)(=O)CCN(CC#N)C1CCCC1. The Bertz CT molecular complexity index is 364. The zero-order valence-electron chi connectivity index (χ0n) is 10.7. The van der Waals surface area contributed by atoms with Crippen LogP contribution in [0.3, 0.4) is 0 Å². The van der Waals surface area contributed by atoms with E-state index in [0.29, 0.717) is 19.1 Å². The molecule has 1 aliphatic carbocycles. The first kappa shape index (κ1) is 14.5. The Morgan fingerprint density at radius 1 is 1.35 bits per heavy atom. The first-order valence-electron chi connectivity index (χ1n) is 6.30. The summed E-state index contributed by atoms with van der Waals surface area (Å²) >= 11 is 0. The van der Waals surface area contributed by atoms with Crippen molar-refractivity contribution in [2.75, 3.05) is 18.8 Å². The Morgan fingerprint density at radius 3 is 2.41 bits per heavy atom. The Kier molecular flexibility index (Phi) is 5.41. The van der Waals surface area contributed by atoms with Crippen LogP contribution in [0.4, 0.5) is 0 Å². The van der Waals surface area contributed by atoms with Gasteiger partial charge in [-0.25, -0.2) is 8.42 Å². The largest absolute Gasteiger partial charge is 0.287 e. The van der Waals surface area contributed by atoms with Gasteiger partial charge in [-0.2, -0.15) is 5.26 Å². The first-order chi connectivity index (χ1) is 7.97. The summed E-state index contributed by atoms with van der Waals surface area (Å²) in [4.78, 5) is 2.03. The quantitative estimate of drug-likeness (QED) is 0.679. The van der Waals surface area contributed by atoms with E-state index in [1.54, 1.807) is 13.8 Å². The second-order valence-electron chi connectivity index (χ2n) is 4.98. The Morgan fingerprint density at radius 2 is 1.94 bits per heavy atom. The summed E-state index contributed by atoms with van der Waals surface area (Å²) in [5, 5.41) is 8.47. The van der Waals surface area contributed by atoms with E-state index < -0.39 is 9.84 Å². The molecule has 0 aromatic rings. The van der Waals surface area contributed by atoms with Crippen molar-refractivity contribution in [1.82, 2.24) is 4.90 Å². The summed E-state index contributed by atoms with van der Waals surface area (Å²) in [5.74, 6) is 0.169. The van der Waals surface area contributed by atoms with Crippen molar-refractivity contribution in [3.8, 4) is 6.07 Å². The van der Waals surface area contributed by atoms with Crippen LogP contribution in [0, 0.1) is 11.3 Å². The van der Waals surface area contributed by atoms with E-state index in [0.717, 1.165) is 12.8 Å². The van der Waals surface area contributed by atoms with Gasteiger partial charge in [0.2, 0.25) is 0 Å². The Hall–Kier alpha value is -0.600. The standard InChI is InChI=1S/C12H22N2O2S/c1-11(2)17(15,16)10-9-14(8-7-13)12-5-3-4-6-12/h11-12H,3-6,8-10H2,1-2H3. The molecule has 0 aromatic carbocycles. The molecular formula is C12H22N2O2S. The molecule has 1 fully saturated rings. The highest BCUT2D eigenvalue weighted by Gasteiger charge is 2.24. The van der Waals surface area contributed by atoms with Gasteiger partial charge in [0, 0.05) is 12.6 Å². The van der Waals surface area contributed by atoms with Gasteiger partial charge >= 0.3 is 0 Å². The van der Waals surface area contributed by atoms with E-state index in [1.165, 1.54) is 12.8 Å². The van der Waals surface area contributed by atoms with Crippen molar-refractivity contribution in [3.05, 3.63) is 0 Å². The van der Waals surface area contributed by atoms with E-state index in [1.807, 2.05) is 4.90 Å². The summed E-state index contributed by atoms with van der Waals surface area (Å²) in [6.07, 6.45) is 4.60. The molecular weight excluding hydrogens is 236 g/mol. The highest BCUT2D eigenvalue weighted by molar-refractivity contribution is 7.92. The fourth-order valence-corrected chi connectivity index (χ4v) is 3.19. The summed E-state index contributed by atoms with van der Waals surface area (Å²) < 4.78 is 23.5. The van der Waals surface area contributed by atoms with Crippen LogP contribution in [0.25, 0.3) is 0 Å². The van der Waals surface area contributed by atoms with Crippen LogP contribution in [-0.2, 0) is 9.84 Å². The number of hydrogen-bond acceptors (Lipinski definition) is 4. The van der Waals surface area contributed by atoms with E-state index in [-0.39, 0.29) is 11.0 Å². The van der Waals surface area contributed by atoms with Crippen molar-refractivity contribution < 1.29 is 8.42 Å². The first-order valence-corrected chi connectivity index (χ1v) is 8.01. The van der Waals surface area contributed by atoms with Crippen LogP contribution in [0.1, 0.15) is 39.5 Å². The van der Waals surface area contributed by atoms with Crippen molar-refractivity contribution >= 4 is 9.84 Å². The molecule has 0 atom stereocenters. The molecule has 5 heteroatoms. The molecule has 0 bridgehead atoms. The van der Waals surface area contributed by atoms with Crippen LogP contribution in [0.5, 0.6) is 0 Å². The minimum Gasteiger partial charge on any atom is -0.287 e. The third kappa shape index (κ3) is 4.29. The molecule has 4 nitrogen and oxygen atoms in total. The maximum atomic E-state index is 11.7. The highest BCUT2D eigenvalue weighted by atomic mass is 32.2. The van der Waals surface area contributed by atoms with Crippen LogP contribution in [-0.4, -0.2) is 43.5 Å². The van der Waals surface area contributed by atoms with Gasteiger partial charge in [0.1, 0.15) is 0 Å². The lowest BCUT2D eigenvalue weighted by molar-refractivity contribution is 0.235. The smallest absolute Gasteiger partial charge is 0.153 e. The molecule has 17 heavy (non-hydrogen) atoms. The molecule has 0 radical (unpaired) electrons.